The number of esters is 1. The lowest BCUT2D eigenvalue weighted by Crippen LogP contribution is -2.57. The zero-order valence-corrected chi connectivity index (χ0v) is 18.8. The Kier molecular flexibility index (Phi) is 5.63. The third-order valence-corrected chi connectivity index (χ3v) is 10.3. The topological polar surface area (TPSA) is 63.6 Å². The number of fused-ring (bicyclic) bond motifs is 5. The predicted molar refractivity (Wildman–Crippen MR) is 112 cm³/mol. The summed E-state index contributed by atoms with van der Waals surface area (Å²) in [4.78, 5) is 25.3. The first-order valence-electron chi connectivity index (χ1n) is 12.0. The molecule has 4 fully saturated rings. The van der Waals surface area contributed by atoms with Crippen molar-refractivity contribution in [3.8, 4) is 0 Å². The van der Waals surface area contributed by atoms with Crippen LogP contribution in [-0.4, -0.2) is 30.1 Å². The summed E-state index contributed by atoms with van der Waals surface area (Å²) < 4.78 is 4.83. The van der Waals surface area contributed by atoms with Gasteiger partial charge in [0.1, 0.15) is 5.78 Å². The van der Waals surface area contributed by atoms with Crippen LogP contribution in [0.15, 0.2) is 0 Å². The van der Waals surface area contributed by atoms with Gasteiger partial charge in [-0.3, -0.25) is 9.59 Å². The van der Waals surface area contributed by atoms with Gasteiger partial charge >= 0.3 is 5.97 Å². The molecule has 0 saturated heterocycles. The summed E-state index contributed by atoms with van der Waals surface area (Å²) >= 11 is 0. The fraction of sp³-hybridized carbons (Fsp3) is 0.920. The van der Waals surface area contributed by atoms with Gasteiger partial charge in [-0.15, -0.1) is 0 Å². The van der Waals surface area contributed by atoms with Crippen LogP contribution in [0, 0.1) is 46.3 Å². The zero-order chi connectivity index (χ0) is 21.0. The number of hydrogen-bond acceptors (Lipinski definition) is 4. The average molecular weight is 405 g/mol. The maximum absolute atomic E-state index is 13.7. The molecule has 4 aliphatic carbocycles. The Morgan fingerprint density at radius 1 is 1.17 bits per heavy atom. The normalized spacial score (nSPS) is 47.7. The van der Waals surface area contributed by atoms with Crippen LogP contribution in [0.1, 0.15) is 85.0 Å². The molecule has 0 spiro atoms. The minimum absolute atomic E-state index is 0.138. The molecule has 0 aromatic carbocycles. The minimum atomic E-state index is -0.214. The highest BCUT2D eigenvalue weighted by Gasteiger charge is 2.63. The first kappa shape index (κ1) is 21.3. The molecule has 0 heterocycles. The van der Waals surface area contributed by atoms with E-state index in [-0.39, 0.29) is 22.9 Å². The molecule has 0 aliphatic heterocycles. The Morgan fingerprint density at radius 3 is 2.66 bits per heavy atom. The third kappa shape index (κ3) is 3.28. The van der Waals surface area contributed by atoms with Gasteiger partial charge < -0.3 is 9.84 Å². The lowest BCUT2D eigenvalue weighted by atomic mass is 9.44. The molecule has 4 heteroatoms. The highest BCUT2D eigenvalue weighted by molar-refractivity contribution is 5.87. The number of ether oxygens (including phenoxy) is 1. The number of aliphatic hydroxyl groups is 1. The molecule has 0 radical (unpaired) electrons. The number of carbonyl (C=O) groups excluding carboxylic acids is 2. The van der Waals surface area contributed by atoms with Gasteiger partial charge in [0.05, 0.1) is 13.2 Å². The third-order valence-electron chi connectivity index (χ3n) is 10.3. The SMILES string of the molecule is COC(=O)CC[C@@H](C)[C@H]1CC[C@H]2[C@@H]3CC[C@@H]4C[C@@H](O)CC[C@]4(C)[C@H]3CC(=O)[C@]12C. The maximum Gasteiger partial charge on any atom is 0.305 e. The number of hydrogen-bond donors (Lipinski definition) is 1. The van der Waals surface area contributed by atoms with Crippen molar-refractivity contribution in [2.75, 3.05) is 7.11 Å². The van der Waals surface area contributed by atoms with E-state index in [4.69, 9.17) is 4.74 Å². The van der Waals surface area contributed by atoms with Crippen molar-refractivity contribution in [3.63, 3.8) is 0 Å². The van der Waals surface area contributed by atoms with Crippen molar-refractivity contribution in [1.82, 2.24) is 0 Å². The van der Waals surface area contributed by atoms with E-state index >= 15 is 0 Å². The average Bonchev–Trinajstić information content (AvgIpc) is 3.06. The molecule has 4 saturated carbocycles. The summed E-state index contributed by atoms with van der Waals surface area (Å²) in [6.45, 7) is 6.94. The van der Waals surface area contributed by atoms with Gasteiger partial charge in [0.15, 0.2) is 0 Å². The number of ketones is 1. The Morgan fingerprint density at radius 2 is 1.93 bits per heavy atom. The van der Waals surface area contributed by atoms with Gasteiger partial charge in [-0.1, -0.05) is 20.8 Å². The second-order valence-corrected chi connectivity index (χ2v) is 11.3. The molecule has 4 nitrogen and oxygen atoms in total. The van der Waals surface area contributed by atoms with E-state index in [1.54, 1.807) is 0 Å². The van der Waals surface area contributed by atoms with E-state index in [0.29, 0.717) is 47.7 Å². The van der Waals surface area contributed by atoms with E-state index in [9.17, 15) is 14.7 Å². The second-order valence-electron chi connectivity index (χ2n) is 11.3. The van der Waals surface area contributed by atoms with Crippen molar-refractivity contribution in [1.29, 1.82) is 0 Å². The van der Waals surface area contributed by atoms with Crippen LogP contribution in [0.5, 0.6) is 0 Å². The van der Waals surface area contributed by atoms with E-state index in [2.05, 4.69) is 20.8 Å². The summed E-state index contributed by atoms with van der Waals surface area (Å²) in [5.74, 6) is 3.37. The number of rotatable bonds is 4. The van der Waals surface area contributed by atoms with Gasteiger partial charge in [0, 0.05) is 18.3 Å². The van der Waals surface area contributed by atoms with E-state index in [0.717, 1.165) is 38.5 Å². The molecule has 4 aliphatic rings. The highest BCUT2D eigenvalue weighted by Crippen LogP contribution is 2.67. The Labute approximate surface area is 176 Å². The summed E-state index contributed by atoms with van der Waals surface area (Å²) in [5, 5.41) is 10.2. The van der Waals surface area contributed by atoms with E-state index in [1.807, 2.05) is 0 Å². The zero-order valence-electron chi connectivity index (χ0n) is 18.8. The van der Waals surface area contributed by atoms with Crippen molar-refractivity contribution in [2.45, 2.75) is 91.1 Å². The van der Waals surface area contributed by atoms with Crippen molar-refractivity contribution in [2.24, 2.45) is 46.3 Å². The Bertz CT molecular complexity index is 659. The number of Topliss-reactive ketones (excluding diaryl/α,β-unsaturated/α-hetero) is 1. The molecular weight excluding hydrogens is 364 g/mol. The number of aliphatic hydroxyl groups excluding tert-OH is 1. The summed E-state index contributed by atoms with van der Waals surface area (Å²) in [5.41, 5.74) is 0.0157. The largest absolute Gasteiger partial charge is 0.469 e. The maximum atomic E-state index is 13.7. The smallest absolute Gasteiger partial charge is 0.305 e. The Balaban J connectivity index is 1.54. The number of carbonyl (C=O) groups is 2. The van der Waals surface area contributed by atoms with Crippen LogP contribution in [0.2, 0.25) is 0 Å². The van der Waals surface area contributed by atoms with Gasteiger partial charge in [0.25, 0.3) is 0 Å². The molecule has 0 aromatic rings. The molecule has 4 rings (SSSR count). The summed E-state index contributed by atoms with van der Waals surface area (Å²) in [6, 6.07) is 0. The second kappa shape index (κ2) is 7.66. The van der Waals surface area contributed by atoms with Crippen LogP contribution < -0.4 is 0 Å². The van der Waals surface area contributed by atoms with Crippen LogP contribution in [0.4, 0.5) is 0 Å². The molecule has 0 bridgehead atoms. The lowest BCUT2D eigenvalue weighted by molar-refractivity contribution is -0.160. The molecule has 9 atom stereocenters. The predicted octanol–water partition coefficient (Wildman–Crippen LogP) is 4.77. The molecule has 1 N–H and O–H groups in total. The van der Waals surface area contributed by atoms with Gasteiger partial charge in [-0.25, -0.2) is 0 Å². The van der Waals surface area contributed by atoms with E-state index in [1.165, 1.54) is 26.4 Å². The fourth-order valence-corrected chi connectivity index (χ4v) is 8.53. The molecule has 29 heavy (non-hydrogen) atoms. The van der Waals surface area contributed by atoms with Crippen LogP contribution in [-0.2, 0) is 14.3 Å². The minimum Gasteiger partial charge on any atom is -0.469 e. The summed E-state index contributed by atoms with van der Waals surface area (Å²) in [6.07, 6.45) is 9.53. The molecule has 0 aromatic heterocycles. The van der Waals surface area contributed by atoms with Crippen molar-refractivity contribution >= 4 is 11.8 Å². The van der Waals surface area contributed by atoms with Crippen molar-refractivity contribution in [3.05, 3.63) is 0 Å². The van der Waals surface area contributed by atoms with Crippen LogP contribution in [0.3, 0.4) is 0 Å². The molecular formula is C25H40O4. The first-order valence-corrected chi connectivity index (χ1v) is 12.0. The van der Waals surface area contributed by atoms with Gasteiger partial charge in [-0.2, -0.15) is 0 Å². The van der Waals surface area contributed by atoms with Crippen LogP contribution in [0.25, 0.3) is 0 Å². The van der Waals surface area contributed by atoms with Crippen LogP contribution >= 0.6 is 0 Å². The lowest BCUT2D eigenvalue weighted by Gasteiger charge is -2.60. The highest BCUT2D eigenvalue weighted by atomic mass is 16.5. The fourth-order valence-electron chi connectivity index (χ4n) is 8.53. The van der Waals surface area contributed by atoms with E-state index < -0.39 is 0 Å². The summed E-state index contributed by atoms with van der Waals surface area (Å²) in [7, 11) is 1.45. The number of methoxy groups -OCH3 is 1. The molecule has 0 amide bonds. The monoisotopic (exact) mass is 404 g/mol. The molecule has 0 unspecified atom stereocenters. The quantitative estimate of drug-likeness (QED) is 0.685. The van der Waals surface area contributed by atoms with Crippen molar-refractivity contribution < 1.29 is 19.4 Å². The molecule has 164 valence electrons. The van der Waals surface area contributed by atoms with Gasteiger partial charge in [-0.05, 0) is 92.3 Å². The van der Waals surface area contributed by atoms with Gasteiger partial charge in [0.2, 0.25) is 0 Å². The first-order chi connectivity index (χ1) is 13.7. The Hall–Kier alpha value is -0.900. The standard InChI is InChI=1S/C25H40O4/c1-15(5-10-23(28)29-4)19-8-9-20-18-7-6-16-13-17(26)11-12-24(16,2)21(18)14-22(27)25(19,20)3/h15-21,26H,5-14H2,1-4H3/t15-,16-,17+,18+,19-,20+,21+,24+,25-/m1/s1.